The quantitative estimate of drug-likeness (QED) is 0.190. The number of aliphatic hydroxyl groups excluding tert-OH is 4. The van der Waals surface area contributed by atoms with Crippen molar-refractivity contribution in [2.45, 2.75) is 62.6 Å². The van der Waals surface area contributed by atoms with E-state index in [-0.39, 0.29) is 18.3 Å². The summed E-state index contributed by atoms with van der Waals surface area (Å²) in [5.74, 6) is -0.550. The van der Waals surface area contributed by atoms with E-state index >= 15 is 0 Å². The van der Waals surface area contributed by atoms with Gasteiger partial charge in [-0.3, -0.25) is 14.5 Å². The van der Waals surface area contributed by atoms with E-state index in [9.17, 15) is 19.8 Å². The Labute approximate surface area is 195 Å². The highest BCUT2D eigenvalue weighted by molar-refractivity contribution is 6.26. The number of aliphatic hydroxyl groups is 4. The van der Waals surface area contributed by atoms with Gasteiger partial charge in [-0.1, -0.05) is 19.3 Å². The molecule has 2 radical (unpaired) electrons. The number of hydrogen-bond donors (Lipinski definition) is 6. The van der Waals surface area contributed by atoms with Crippen LogP contribution < -0.4 is 10.6 Å². The first-order valence-electron chi connectivity index (χ1n) is 10.5. The molecule has 0 unspecified atom stereocenters. The Balaban J connectivity index is 0. The molecule has 2 aliphatic heterocycles. The van der Waals surface area contributed by atoms with Crippen molar-refractivity contribution >= 4 is 27.8 Å². The van der Waals surface area contributed by atoms with Crippen molar-refractivity contribution in [2.24, 2.45) is 0 Å². The van der Waals surface area contributed by atoms with Gasteiger partial charge in [-0.05, 0) is 12.8 Å². The van der Waals surface area contributed by atoms with Crippen LogP contribution >= 0.6 is 0 Å². The number of carbonyl (C=O) groups is 2. The molecule has 1 amide bonds. The molecule has 0 aromatic carbocycles. The smallest absolute Gasteiger partial charge is 0.787 e. The van der Waals surface area contributed by atoms with Gasteiger partial charge in [0.25, 0.3) is 5.97 Å². The monoisotopic (exact) mass is 483 g/mol. The van der Waals surface area contributed by atoms with Crippen molar-refractivity contribution in [1.29, 1.82) is 0 Å². The zero-order valence-electron chi connectivity index (χ0n) is 19.1. The van der Waals surface area contributed by atoms with Gasteiger partial charge in [-0.2, -0.15) is 0 Å². The lowest BCUT2D eigenvalue weighted by molar-refractivity contribution is -0.149. The zero-order valence-corrected chi connectivity index (χ0v) is 19.3. The number of carbonyl (C=O) groups excluding carboxylic acids is 2. The van der Waals surface area contributed by atoms with Crippen LogP contribution in [0.1, 0.15) is 33.5 Å². The van der Waals surface area contributed by atoms with E-state index in [0.29, 0.717) is 12.6 Å². The lowest BCUT2D eigenvalue weighted by Gasteiger charge is -2.28. The third-order valence-corrected chi connectivity index (χ3v) is 6.12. The second-order valence-electron chi connectivity index (χ2n) is 7.75. The normalized spacial score (nSPS) is 24.5. The minimum atomic E-state index is -1.64. The Hall–Kier alpha value is -0.888. The van der Waals surface area contributed by atoms with Crippen LogP contribution in [0, 0.1) is 0 Å². The summed E-state index contributed by atoms with van der Waals surface area (Å²) in [6, 6.07) is 0.448. The van der Waals surface area contributed by atoms with Crippen LogP contribution in [-0.2, 0) is 17.2 Å². The van der Waals surface area contributed by atoms with Gasteiger partial charge in [0.1, 0.15) is 24.4 Å². The molecule has 1 aliphatic carbocycles. The summed E-state index contributed by atoms with van der Waals surface area (Å²) in [6.07, 6.45) is 0.204. The SMILES string of the molecule is O.O.O=C(CN1CCNCC1)NC1CCCCC1.O=C1[O][Al-][O][C@@H]1[C@@H](O)[C@H](O)[C@H](O)CO.[H+]. The lowest BCUT2D eigenvalue weighted by atomic mass is 9.95. The topological polar surface area (TPSA) is 224 Å². The third kappa shape index (κ3) is 10.4. The highest BCUT2D eigenvalue weighted by atomic mass is 27.2. The summed E-state index contributed by atoms with van der Waals surface area (Å²) in [5, 5.41) is 42.5. The Morgan fingerprint density at radius 2 is 1.81 bits per heavy atom. The van der Waals surface area contributed by atoms with Crippen LogP contribution in [0.15, 0.2) is 0 Å². The first-order chi connectivity index (χ1) is 14.4. The standard InChI is InChI=1S/C12H23N3O.C6H11O7.Al.2H2O/c16-12(10-15-8-6-13-7-9-15)14-11-4-2-1-3-5-11;7-1-2(8)3(9)4(10)5(11)6(12)13;;;/h11,13H,1-10H2,(H,14,16);2-5,7-10H,1H2,(H,12,13);;2*1H2/q;-1;+1;;/t;2-,3-,4+,5-;;;/m.1.../s1. The summed E-state index contributed by atoms with van der Waals surface area (Å²) in [4.78, 5) is 24.9. The Bertz CT molecular complexity index is 520. The predicted octanol–water partition coefficient (Wildman–Crippen LogP) is -4.66. The van der Waals surface area contributed by atoms with Crippen molar-refractivity contribution in [1.82, 2.24) is 15.5 Å². The second kappa shape index (κ2) is 16.7. The number of rotatable bonds is 7. The molecule has 0 bridgehead atoms. The minimum Gasteiger partial charge on any atom is -0.787 e. The van der Waals surface area contributed by atoms with Gasteiger partial charge < -0.3 is 49.6 Å². The van der Waals surface area contributed by atoms with Gasteiger partial charge >= 0.3 is 1.43 Å². The Morgan fingerprint density at radius 3 is 2.34 bits per heavy atom. The predicted molar refractivity (Wildman–Crippen MR) is 114 cm³/mol. The molecule has 0 aromatic rings. The molecule has 0 spiro atoms. The maximum atomic E-state index is 11.8. The van der Waals surface area contributed by atoms with E-state index in [4.69, 9.17) is 14.0 Å². The molecular formula is C18H38AlN3O10. The fourth-order valence-corrected chi connectivity index (χ4v) is 4.26. The zero-order chi connectivity index (χ0) is 21.9. The third-order valence-electron chi connectivity index (χ3n) is 5.39. The van der Waals surface area contributed by atoms with Crippen LogP contribution in [0.4, 0.5) is 0 Å². The molecule has 1 saturated carbocycles. The number of piperazine rings is 1. The van der Waals surface area contributed by atoms with Gasteiger partial charge in [0.05, 0.1) is 13.2 Å². The van der Waals surface area contributed by atoms with Crippen LogP contribution in [-0.4, -0.2) is 134 Å². The van der Waals surface area contributed by atoms with Crippen molar-refractivity contribution in [3.63, 3.8) is 0 Å². The van der Waals surface area contributed by atoms with Crippen molar-refractivity contribution in [3.8, 4) is 0 Å². The van der Waals surface area contributed by atoms with Crippen LogP contribution in [0.2, 0.25) is 0 Å². The van der Waals surface area contributed by atoms with Crippen LogP contribution in [0.25, 0.3) is 0 Å². The summed E-state index contributed by atoms with van der Waals surface area (Å²) < 4.78 is 9.21. The second-order valence-corrected chi connectivity index (χ2v) is 8.45. The van der Waals surface area contributed by atoms with Crippen molar-refractivity contribution in [3.05, 3.63) is 0 Å². The van der Waals surface area contributed by atoms with Gasteiger partial charge in [0, 0.05) is 32.2 Å². The Morgan fingerprint density at radius 1 is 1.19 bits per heavy atom. The van der Waals surface area contributed by atoms with Gasteiger partial charge in [-0.25, -0.2) is 0 Å². The Kier molecular flexibility index (Phi) is 16.2. The van der Waals surface area contributed by atoms with E-state index in [1.807, 2.05) is 0 Å². The molecule has 3 aliphatic rings. The van der Waals surface area contributed by atoms with E-state index < -0.39 is 52.9 Å². The number of nitrogens with one attached hydrogen (secondary N) is 2. The van der Waals surface area contributed by atoms with Crippen LogP contribution in [0.5, 0.6) is 0 Å². The van der Waals surface area contributed by atoms with E-state index in [0.717, 1.165) is 26.2 Å². The van der Waals surface area contributed by atoms with E-state index in [2.05, 4.69) is 19.3 Å². The fourth-order valence-electron chi connectivity index (χ4n) is 3.58. The molecule has 32 heavy (non-hydrogen) atoms. The first-order valence-corrected chi connectivity index (χ1v) is 11.4. The molecular weight excluding hydrogens is 445 g/mol. The number of nitrogens with zero attached hydrogens (tertiary/aromatic N) is 1. The molecule has 188 valence electrons. The van der Waals surface area contributed by atoms with Gasteiger partial charge in [0.15, 0.2) is 0 Å². The van der Waals surface area contributed by atoms with E-state index in [1.165, 1.54) is 32.1 Å². The summed E-state index contributed by atoms with van der Waals surface area (Å²) in [7, 11) is 0. The average molecular weight is 483 g/mol. The molecule has 14 heteroatoms. The molecule has 3 fully saturated rings. The van der Waals surface area contributed by atoms with Gasteiger partial charge in [-0.15, -0.1) is 0 Å². The number of amides is 1. The molecule has 2 saturated heterocycles. The molecule has 3 rings (SSSR count). The van der Waals surface area contributed by atoms with Crippen molar-refractivity contribution in [2.75, 3.05) is 39.3 Å². The summed E-state index contributed by atoms with van der Waals surface area (Å²) in [5.41, 5.74) is 0. The van der Waals surface area contributed by atoms with E-state index in [1.54, 1.807) is 0 Å². The molecule has 10 N–H and O–H groups in total. The average Bonchev–Trinajstić information content (AvgIpc) is 3.19. The van der Waals surface area contributed by atoms with Gasteiger partial charge in [0.2, 0.25) is 21.8 Å². The fraction of sp³-hybridized carbons (Fsp3) is 0.889. The molecule has 13 nitrogen and oxygen atoms in total. The first kappa shape index (κ1) is 31.1. The maximum absolute atomic E-state index is 11.8. The number of hydrogen-bond acceptors (Lipinski definition) is 10. The lowest BCUT2D eigenvalue weighted by Crippen LogP contribution is -2.49. The molecule has 2 heterocycles. The van der Waals surface area contributed by atoms with Crippen molar-refractivity contribution < 1.29 is 50.0 Å². The highest BCUT2D eigenvalue weighted by Gasteiger charge is 2.35. The molecule has 0 aromatic heterocycles. The maximum Gasteiger partial charge on any atom is 1.00 e. The largest absolute Gasteiger partial charge is 1.00 e. The summed E-state index contributed by atoms with van der Waals surface area (Å²) in [6.45, 7) is 3.88. The molecule has 4 atom stereocenters. The highest BCUT2D eigenvalue weighted by Crippen LogP contribution is 2.17. The van der Waals surface area contributed by atoms with Crippen LogP contribution in [0.3, 0.4) is 0 Å². The minimum absolute atomic E-state index is 0. The summed E-state index contributed by atoms with van der Waals surface area (Å²) >= 11 is -0.969.